The van der Waals surface area contributed by atoms with Crippen molar-refractivity contribution >= 4 is 10.8 Å². The average Bonchev–Trinajstić information content (AvgIpc) is 2.66. The van der Waals surface area contributed by atoms with Gasteiger partial charge in [-0.3, -0.25) is 4.79 Å². The topological polar surface area (TPSA) is 34.9 Å². The highest BCUT2D eigenvalue weighted by Crippen LogP contribution is 2.22. The Hall–Kier alpha value is -3.20. The molecule has 0 saturated heterocycles. The molecule has 3 aromatic carbocycles. The van der Waals surface area contributed by atoms with Gasteiger partial charge < -0.3 is 0 Å². The van der Waals surface area contributed by atoms with Gasteiger partial charge in [0.2, 0.25) is 0 Å². The van der Waals surface area contributed by atoms with Crippen molar-refractivity contribution in [3.8, 4) is 11.3 Å². The zero-order valence-corrected chi connectivity index (χ0v) is 14.9. The summed E-state index contributed by atoms with van der Waals surface area (Å²) in [6.45, 7) is 4.59. The van der Waals surface area contributed by atoms with Gasteiger partial charge in [-0.15, -0.1) is 0 Å². The van der Waals surface area contributed by atoms with Crippen molar-refractivity contribution in [2.24, 2.45) is 0 Å². The van der Waals surface area contributed by atoms with Crippen molar-refractivity contribution in [3.05, 3.63) is 99.8 Å². The predicted molar refractivity (Wildman–Crippen MR) is 106 cm³/mol. The maximum absolute atomic E-state index is 12.4. The number of aryl methyl sites for hydroxylation is 2. The monoisotopic (exact) mass is 340 g/mol. The lowest BCUT2D eigenvalue weighted by molar-refractivity contribution is 0.645. The van der Waals surface area contributed by atoms with Crippen molar-refractivity contribution in [1.29, 1.82) is 0 Å². The molecule has 0 N–H and O–H groups in total. The molecule has 4 rings (SSSR count). The van der Waals surface area contributed by atoms with Crippen LogP contribution in [-0.2, 0) is 6.54 Å². The second-order valence-corrected chi connectivity index (χ2v) is 6.67. The third-order valence-corrected chi connectivity index (χ3v) is 4.74. The van der Waals surface area contributed by atoms with Crippen LogP contribution in [-0.4, -0.2) is 9.78 Å². The highest BCUT2D eigenvalue weighted by Gasteiger charge is 2.08. The summed E-state index contributed by atoms with van der Waals surface area (Å²) in [5.41, 5.74) is 5.23. The minimum absolute atomic E-state index is 0.0907. The summed E-state index contributed by atoms with van der Waals surface area (Å²) in [5, 5.41) is 6.97. The molecule has 1 aromatic heterocycles. The first kappa shape index (κ1) is 16.3. The molecule has 26 heavy (non-hydrogen) atoms. The molecule has 0 aliphatic carbocycles. The van der Waals surface area contributed by atoms with Gasteiger partial charge in [-0.1, -0.05) is 60.2 Å². The Morgan fingerprint density at radius 3 is 2.58 bits per heavy atom. The molecule has 0 saturated carbocycles. The number of rotatable bonds is 3. The lowest BCUT2D eigenvalue weighted by Gasteiger charge is -2.11. The normalized spacial score (nSPS) is 11.0. The molecule has 0 atom stereocenters. The SMILES string of the molecule is Cc1ccc(C)c(-c2ccc(=O)n(Cc3cccc4ccccc34)n2)c1. The molecule has 3 heteroatoms. The molecule has 0 unspecified atom stereocenters. The first-order chi connectivity index (χ1) is 12.6. The van der Waals surface area contributed by atoms with Crippen molar-refractivity contribution in [3.63, 3.8) is 0 Å². The zero-order valence-electron chi connectivity index (χ0n) is 14.9. The molecule has 0 fully saturated rings. The highest BCUT2D eigenvalue weighted by atomic mass is 16.1. The maximum Gasteiger partial charge on any atom is 0.267 e. The lowest BCUT2D eigenvalue weighted by atomic mass is 10.0. The average molecular weight is 340 g/mol. The van der Waals surface area contributed by atoms with Crippen LogP contribution in [0, 0.1) is 13.8 Å². The van der Waals surface area contributed by atoms with Gasteiger partial charge >= 0.3 is 0 Å². The standard InChI is InChI=1S/C23H20N2O/c1-16-10-11-17(2)21(14-16)22-12-13-23(26)25(24-22)15-19-8-5-7-18-6-3-4-9-20(18)19/h3-14H,15H2,1-2H3. The van der Waals surface area contributed by atoms with Gasteiger partial charge in [0, 0.05) is 11.6 Å². The van der Waals surface area contributed by atoms with Crippen LogP contribution in [0.1, 0.15) is 16.7 Å². The van der Waals surface area contributed by atoms with E-state index in [-0.39, 0.29) is 5.56 Å². The second kappa shape index (κ2) is 6.60. The Morgan fingerprint density at radius 1 is 0.885 bits per heavy atom. The molecule has 0 radical (unpaired) electrons. The number of hydrogen-bond acceptors (Lipinski definition) is 2. The largest absolute Gasteiger partial charge is 0.268 e. The molecule has 0 aliphatic rings. The summed E-state index contributed by atoms with van der Waals surface area (Å²) in [5.74, 6) is 0. The van der Waals surface area contributed by atoms with Gasteiger partial charge in [-0.25, -0.2) is 4.68 Å². The van der Waals surface area contributed by atoms with E-state index in [2.05, 4.69) is 61.4 Å². The molecular formula is C23H20N2O. The van der Waals surface area contributed by atoms with E-state index >= 15 is 0 Å². The quantitative estimate of drug-likeness (QED) is 0.540. The van der Waals surface area contributed by atoms with E-state index in [0.29, 0.717) is 6.54 Å². The van der Waals surface area contributed by atoms with E-state index in [0.717, 1.165) is 27.8 Å². The van der Waals surface area contributed by atoms with Crippen molar-refractivity contribution in [1.82, 2.24) is 9.78 Å². The van der Waals surface area contributed by atoms with Gasteiger partial charge in [0.15, 0.2) is 0 Å². The zero-order chi connectivity index (χ0) is 18.1. The van der Waals surface area contributed by atoms with E-state index < -0.39 is 0 Å². The minimum Gasteiger partial charge on any atom is -0.268 e. The van der Waals surface area contributed by atoms with Crippen LogP contribution < -0.4 is 5.56 Å². The highest BCUT2D eigenvalue weighted by molar-refractivity contribution is 5.85. The fourth-order valence-corrected chi connectivity index (χ4v) is 3.31. The first-order valence-corrected chi connectivity index (χ1v) is 8.74. The maximum atomic E-state index is 12.4. The van der Waals surface area contributed by atoms with Crippen molar-refractivity contribution in [2.75, 3.05) is 0 Å². The van der Waals surface area contributed by atoms with Crippen LogP contribution in [0.5, 0.6) is 0 Å². The predicted octanol–water partition coefficient (Wildman–Crippen LogP) is 4.73. The van der Waals surface area contributed by atoms with Crippen LogP contribution >= 0.6 is 0 Å². The van der Waals surface area contributed by atoms with Crippen LogP contribution in [0.4, 0.5) is 0 Å². The summed E-state index contributed by atoms with van der Waals surface area (Å²) >= 11 is 0. The molecule has 0 aliphatic heterocycles. The number of nitrogens with zero attached hydrogens (tertiary/aromatic N) is 2. The Morgan fingerprint density at radius 2 is 1.69 bits per heavy atom. The molecule has 1 heterocycles. The van der Waals surface area contributed by atoms with Gasteiger partial charge in [0.05, 0.1) is 12.2 Å². The molecular weight excluding hydrogens is 320 g/mol. The number of fused-ring (bicyclic) bond motifs is 1. The molecule has 0 amide bonds. The first-order valence-electron chi connectivity index (χ1n) is 8.74. The number of aromatic nitrogens is 2. The van der Waals surface area contributed by atoms with E-state index in [1.165, 1.54) is 10.9 Å². The summed E-state index contributed by atoms with van der Waals surface area (Å²) in [7, 11) is 0. The Kier molecular flexibility index (Phi) is 4.13. The number of benzene rings is 3. The third-order valence-electron chi connectivity index (χ3n) is 4.74. The van der Waals surface area contributed by atoms with Crippen LogP contribution in [0.15, 0.2) is 77.6 Å². The second-order valence-electron chi connectivity index (χ2n) is 6.67. The van der Waals surface area contributed by atoms with Gasteiger partial charge in [-0.2, -0.15) is 5.10 Å². The minimum atomic E-state index is -0.0907. The Labute approximate surface area is 152 Å². The van der Waals surface area contributed by atoms with Gasteiger partial charge in [-0.05, 0) is 47.9 Å². The smallest absolute Gasteiger partial charge is 0.267 e. The van der Waals surface area contributed by atoms with E-state index in [1.807, 2.05) is 24.3 Å². The summed E-state index contributed by atoms with van der Waals surface area (Å²) in [6.07, 6.45) is 0. The van der Waals surface area contributed by atoms with Crippen molar-refractivity contribution in [2.45, 2.75) is 20.4 Å². The Bertz CT molecular complexity index is 1150. The molecule has 4 aromatic rings. The third kappa shape index (κ3) is 3.04. The van der Waals surface area contributed by atoms with E-state index in [4.69, 9.17) is 0 Å². The van der Waals surface area contributed by atoms with Crippen LogP contribution in [0.25, 0.3) is 22.0 Å². The van der Waals surface area contributed by atoms with Crippen LogP contribution in [0.3, 0.4) is 0 Å². The van der Waals surface area contributed by atoms with Gasteiger partial charge in [0.1, 0.15) is 0 Å². The van der Waals surface area contributed by atoms with Gasteiger partial charge in [0.25, 0.3) is 5.56 Å². The molecule has 0 bridgehead atoms. The fourth-order valence-electron chi connectivity index (χ4n) is 3.31. The molecule has 0 spiro atoms. The summed E-state index contributed by atoms with van der Waals surface area (Å²) < 4.78 is 1.55. The summed E-state index contributed by atoms with van der Waals surface area (Å²) in [6, 6.07) is 24.1. The van der Waals surface area contributed by atoms with Crippen LogP contribution in [0.2, 0.25) is 0 Å². The van der Waals surface area contributed by atoms with E-state index in [9.17, 15) is 4.79 Å². The fraction of sp³-hybridized carbons (Fsp3) is 0.130. The molecule has 128 valence electrons. The number of hydrogen-bond donors (Lipinski definition) is 0. The lowest BCUT2D eigenvalue weighted by Crippen LogP contribution is -2.23. The van der Waals surface area contributed by atoms with E-state index in [1.54, 1.807) is 10.7 Å². The Balaban J connectivity index is 1.80. The molecule has 3 nitrogen and oxygen atoms in total. The summed E-state index contributed by atoms with van der Waals surface area (Å²) in [4.78, 5) is 12.4. The van der Waals surface area contributed by atoms with Crippen molar-refractivity contribution < 1.29 is 0 Å².